The summed E-state index contributed by atoms with van der Waals surface area (Å²) in [5.74, 6) is 0.997. The van der Waals surface area contributed by atoms with Crippen LogP contribution in [0.15, 0.2) is 30.3 Å². The lowest BCUT2D eigenvalue weighted by Gasteiger charge is -2.23. The summed E-state index contributed by atoms with van der Waals surface area (Å²) in [6, 6.07) is 11.6. The van der Waals surface area contributed by atoms with Gasteiger partial charge in [-0.15, -0.1) is 0 Å². The largest absolute Gasteiger partial charge is 0.390 e. The van der Waals surface area contributed by atoms with Gasteiger partial charge in [0, 0.05) is 44.5 Å². The van der Waals surface area contributed by atoms with Crippen LogP contribution in [0, 0.1) is 18.3 Å². The highest BCUT2D eigenvalue weighted by atomic mass is 16.3. The molecule has 1 saturated heterocycles. The summed E-state index contributed by atoms with van der Waals surface area (Å²) in [5, 5.41) is 19.4. The van der Waals surface area contributed by atoms with Crippen LogP contribution in [0.5, 0.6) is 0 Å². The molecule has 130 valence electrons. The maximum atomic E-state index is 10.4. The van der Waals surface area contributed by atoms with Crippen molar-refractivity contribution in [3.63, 3.8) is 0 Å². The van der Waals surface area contributed by atoms with Crippen molar-refractivity contribution in [2.75, 3.05) is 36.8 Å². The molecule has 1 atom stereocenters. The zero-order valence-corrected chi connectivity index (χ0v) is 14.3. The molecule has 0 aliphatic carbocycles. The van der Waals surface area contributed by atoms with Crippen molar-refractivity contribution in [1.29, 1.82) is 5.26 Å². The van der Waals surface area contributed by atoms with E-state index in [1.165, 1.54) is 0 Å². The minimum Gasteiger partial charge on any atom is -0.390 e. The van der Waals surface area contributed by atoms with E-state index < -0.39 is 6.10 Å². The second-order valence-corrected chi connectivity index (χ2v) is 6.37. The van der Waals surface area contributed by atoms with Crippen molar-refractivity contribution in [3.8, 4) is 6.07 Å². The smallest absolute Gasteiger partial charge is 0.222 e. The molecule has 1 aliphatic heterocycles. The molecule has 1 fully saturated rings. The molecule has 0 spiro atoms. The molecule has 7 heteroatoms. The summed E-state index contributed by atoms with van der Waals surface area (Å²) in [6.07, 6.45) is -0.488. The third-order valence-electron chi connectivity index (χ3n) is 4.23. The lowest BCUT2D eigenvalue weighted by atomic mass is 10.1. The highest BCUT2D eigenvalue weighted by molar-refractivity contribution is 5.43. The zero-order chi connectivity index (χ0) is 17.8. The predicted molar refractivity (Wildman–Crippen MR) is 95.8 cm³/mol. The number of rotatable bonds is 3. The molecular formula is C18H22N6O. The van der Waals surface area contributed by atoms with Gasteiger partial charge in [-0.05, 0) is 24.6 Å². The molecule has 3 rings (SSSR count). The van der Waals surface area contributed by atoms with E-state index in [-0.39, 0.29) is 5.95 Å². The Morgan fingerprint density at radius 3 is 2.88 bits per heavy atom. The molecule has 1 aromatic carbocycles. The highest BCUT2D eigenvalue weighted by Gasteiger charge is 2.22. The van der Waals surface area contributed by atoms with Crippen LogP contribution in [0.1, 0.15) is 16.8 Å². The van der Waals surface area contributed by atoms with Crippen molar-refractivity contribution in [3.05, 3.63) is 47.2 Å². The van der Waals surface area contributed by atoms with Gasteiger partial charge in [0.1, 0.15) is 5.82 Å². The number of aliphatic hydroxyl groups is 1. The quantitative estimate of drug-likeness (QED) is 0.858. The molecular weight excluding hydrogens is 316 g/mol. The zero-order valence-electron chi connectivity index (χ0n) is 14.3. The Hall–Kier alpha value is -2.69. The molecule has 0 bridgehead atoms. The molecule has 25 heavy (non-hydrogen) atoms. The SMILES string of the molecule is Cc1cc(N2CCN(Cc3cccc(C#N)c3)C[C@H](O)C2)nc(N)n1. The summed E-state index contributed by atoms with van der Waals surface area (Å²) in [5.41, 5.74) is 8.29. The van der Waals surface area contributed by atoms with Gasteiger partial charge in [0.2, 0.25) is 5.95 Å². The van der Waals surface area contributed by atoms with Gasteiger partial charge in [-0.1, -0.05) is 12.1 Å². The fraction of sp³-hybridized carbons (Fsp3) is 0.389. The van der Waals surface area contributed by atoms with Gasteiger partial charge in [0.05, 0.1) is 17.7 Å². The first-order valence-corrected chi connectivity index (χ1v) is 8.29. The lowest BCUT2D eigenvalue weighted by Crippen LogP contribution is -2.33. The Balaban J connectivity index is 1.71. The Morgan fingerprint density at radius 1 is 1.28 bits per heavy atom. The fourth-order valence-electron chi connectivity index (χ4n) is 3.14. The Kier molecular flexibility index (Phi) is 5.12. The molecule has 0 amide bonds. The summed E-state index contributed by atoms with van der Waals surface area (Å²) < 4.78 is 0. The van der Waals surface area contributed by atoms with E-state index in [4.69, 9.17) is 11.0 Å². The number of anilines is 2. The minimum absolute atomic E-state index is 0.249. The van der Waals surface area contributed by atoms with Crippen LogP contribution >= 0.6 is 0 Å². The Morgan fingerprint density at radius 2 is 2.12 bits per heavy atom. The number of hydrogen-bond donors (Lipinski definition) is 2. The molecule has 0 unspecified atom stereocenters. The number of β-amino-alcohol motifs (C(OH)–C–C–N with tert-alkyl or cyclic N) is 1. The molecule has 2 aromatic rings. The number of nitrogens with two attached hydrogens (primary N) is 1. The summed E-state index contributed by atoms with van der Waals surface area (Å²) >= 11 is 0. The number of aliphatic hydroxyl groups excluding tert-OH is 1. The highest BCUT2D eigenvalue weighted by Crippen LogP contribution is 2.17. The maximum absolute atomic E-state index is 10.4. The summed E-state index contributed by atoms with van der Waals surface area (Å²) in [6.45, 7) is 5.19. The minimum atomic E-state index is -0.488. The van der Waals surface area contributed by atoms with Crippen molar-refractivity contribution < 1.29 is 5.11 Å². The lowest BCUT2D eigenvalue weighted by molar-refractivity contribution is 0.129. The second kappa shape index (κ2) is 7.47. The number of aryl methyl sites for hydroxylation is 1. The van der Waals surface area contributed by atoms with Crippen LogP contribution < -0.4 is 10.6 Å². The van der Waals surface area contributed by atoms with E-state index in [0.717, 1.165) is 30.2 Å². The average molecular weight is 338 g/mol. The van der Waals surface area contributed by atoms with E-state index in [1.54, 1.807) is 6.07 Å². The van der Waals surface area contributed by atoms with Gasteiger partial charge in [0.25, 0.3) is 0 Å². The second-order valence-electron chi connectivity index (χ2n) is 6.37. The van der Waals surface area contributed by atoms with Gasteiger partial charge in [-0.3, -0.25) is 4.90 Å². The number of nitrogens with zero attached hydrogens (tertiary/aromatic N) is 5. The van der Waals surface area contributed by atoms with Crippen molar-refractivity contribution >= 4 is 11.8 Å². The molecule has 1 aliphatic rings. The monoisotopic (exact) mass is 338 g/mol. The van der Waals surface area contributed by atoms with Crippen molar-refractivity contribution in [2.45, 2.75) is 19.6 Å². The normalized spacial score (nSPS) is 18.6. The topological polar surface area (TPSA) is 102 Å². The van der Waals surface area contributed by atoms with Crippen LogP contribution in [-0.2, 0) is 6.54 Å². The molecule has 2 heterocycles. The third kappa shape index (κ3) is 4.44. The summed E-state index contributed by atoms with van der Waals surface area (Å²) in [7, 11) is 0. The number of nitrogen functional groups attached to an aromatic ring is 1. The van der Waals surface area contributed by atoms with Gasteiger partial charge >= 0.3 is 0 Å². The van der Waals surface area contributed by atoms with E-state index in [0.29, 0.717) is 25.2 Å². The predicted octanol–water partition coefficient (Wildman–Crippen LogP) is 0.922. The number of benzene rings is 1. The van der Waals surface area contributed by atoms with Gasteiger partial charge in [0.15, 0.2) is 0 Å². The van der Waals surface area contributed by atoms with Gasteiger partial charge in [-0.2, -0.15) is 10.2 Å². The van der Waals surface area contributed by atoms with Crippen LogP contribution in [-0.4, -0.2) is 52.3 Å². The van der Waals surface area contributed by atoms with E-state index >= 15 is 0 Å². The number of hydrogen-bond acceptors (Lipinski definition) is 7. The molecule has 1 aromatic heterocycles. The van der Waals surface area contributed by atoms with Gasteiger partial charge in [-0.25, -0.2) is 4.98 Å². The van der Waals surface area contributed by atoms with E-state index in [9.17, 15) is 5.11 Å². The summed E-state index contributed by atoms with van der Waals surface area (Å²) in [4.78, 5) is 12.6. The van der Waals surface area contributed by atoms with Crippen LogP contribution in [0.4, 0.5) is 11.8 Å². The molecule has 0 radical (unpaired) electrons. The first kappa shape index (κ1) is 17.1. The number of nitriles is 1. The maximum Gasteiger partial charge on any atom is 0.222 e. The molecule has 0 saturated carbocycles. The van der Waals surface area contributed by atoms with Crippen molar-refractivity contribution in [2.24, 2.45) is 0 Å². The fourth-order valence-corrected chi connectivity index (χ4v) is 3.14. The molecule has 3 N–H and O–H groups in total. The molecule has 7 nitrogen and oxygen atoms in total. The van der Waals surface area contributed by atoms with E-state index in [1.807, 2.05) is 36.1 Å². The van der Waals surface area contributed by atoms with E-state index in [2.05, 4.69) is 20.9 Å². The number of aromatic nitrogens is 2. The van der Waals surface area contributed by atoms with Gasteiger partial charge < -0.3 is 15.7 Å². The average Bonchev–Trinajstić information content (AvgIpc) is 2.75. The van der Waals surface area contributed by atoms with Crippen LogP contribution in [0.25, 0.3) is 0 Å². The standard InChI is InChI=1S/C18H22N6O/c1-13-7-17(22-18(20)21-13)24-6-5-23(11-16(25)12-24)10-15-4-2-3-14(8-15)9-19/h2-4,7-8,16,25H,5-6,10-12H2,1H3,(H2,20,21,22)/t16-/m0/s1. The third-order valence-corrected chi connectivity index (χ3v) is 4.23. The first-order valence-electron chi connectivity index (χ1n) is 8.29. The van der Waals surface area contributed by atoms with Crippen LogP contribution in [0.2, 0.25) is 0 Å². The Bertz CT molecular complexity index is 767. The first-order chi connectivity index (χ1) is 12.0. The van der Waals surface area contributed by atoms with Crippen LogP contribution in [0.3, 0.4) is 0 Å². The van der Waals surface area contributed by atoms with Crippen molar-refractivity contribution in [1.82, 2.24) is 14.9 Å². The Labute approximate surface area is 147 Å².